The Kier molecular flexibility index (Phi) is 6.74. The number of piperazine rings is 1. The smallest absolute Gasteiger partial charge is 0.236 e. The van der Waals surface area contributed by atoms with Crippen molar-refractivity contribution in [2.75, 3.05) is 33.3 Å². The number of nitrogens with one attached hydrogen (secondary N) is 1. The van der Waals surface area contributed by atoms with E-state index in [0.717, 1.165) is 42.4 Å². The molecular weight excluding hydrogens is 363 g/mol. The summed E-state index contributed by atoms with van der Waals surface area (Å²) < 4.78 is 18.9. The molecule has 0 bridgehead atoms. The Labute approximate surface area is 164 Å². The summed E-state index contributed by atoms with van der Waals surface area (Å²) in [5, 5.41) is -0.0998. The van der Waals surface area contributed by atoms with Gasteiger partial charge in [0.15, 0.2) is 0 Å². The van der Waals surface area contributed by atoms with Gasteiger partial charge in [0.25, 0.3) is 0 Å². The SMILES string of the molecule is COc1ccc(F)cc1C[NH+]1CCN(C(=O)[C@H](C)Sc2ccccc2)CC1. The largest absolute Gasteiger partial charge is 0.496 e. The van der Waals surface area contributed by atoms with Gasteiger partial charge in [0.1, 0.15) is 18.1 Å². The molecule has 0 saturated carbocycles. The van der Waals surface area contributed by atoms with Crippen LogP contribution < -0.4 is 9.64 Å². The molecule has 3 rings (SSSR count). The van der Waals surface area contributed by atoms with Gasteiger partial charge in [-0.05, 0) is 37.3 Å². The fraction of sp³-hybridized carbons (Fsp3) is 0.381. The Bertz CT molecular complexity index is 764. The topological polar surface area (TPSA) is 34.0 Å². The van der Waals surface area contributed by atoms with Crippen LogP contribution in [0.5, 0.6) is 5.75 Å². The van der Waals surface area contributed by atoms with E-state index in [1.54, 1.807) is 31.0 Å². The normalized spacial score (nSPS) is 16.2. The summed E-state index contributed by atoms with van der Waals surface area (Å²) in [5.41, 5.74) is 0.875. The highest BCUT2D eigenvalue weighted by molar-refractivity contribution is 8.00. The van der Waals surface area contributed by atoms with Gasteiger partial charge in [-0.25, -0.2) is 4.39 Å². The standard InChI is InChI=1S/C21H25FN2O2S/c1-16(27-19-6-4-3-5-7-19)21(25)24-12-10-23(11-13-24)15-17-14-18(22)8-9-20(17)26-2/h3-9,14,16H,10-13,15H2,1-2H3/p+1/t16-/m0/s1. The molecule has 1 N–H and O–H groups in total. The summed E-state index contributed by atoms with van der Waals surface area (Å²) >= 11 is 1.60. The summed E-state index contributed by atoms with van der Waals surface area (Å²) in [6.07, 6.45) is 0. The fourth-order valence-electron chi connectivity index (χ4n) is 3.39. The summed E-state index contributed by atoms with van der Waals surface area (Å²) in [6, 6.07) is 14.6. The lowest BCUT2D eigenvalue weighted by Crippen LogP contribution is -3.13. The number of carbonyl (C=O) groups excluding carboxylic acids is 1. The molecule has 0 aromatic heterocycles. The van der Waals surface area contributed by atoms with Crippen LogP contribution in [-0.4, -0.2) is 49.3 Å². The third-order valence-corrected chi connectivity index (χ3v) is 5.97. The first-order valence-corrected chi connectivity index (χ1v) is 10.1. The number of quaternary nitrogens is 1. The molecule has 1 fully saturated rings. The van der Waals surface area contributed by atoms with E-state index in [2.05, 4.69) is 0 Å². The molecule has 0 spiro atoms. The van der Waals surface area contributed by atoms with Crippen molar-refractivity contribution < 1.29 is 18.8 Å². The lowest BCUT2D eigenvalue weighted by Gasteiger charge is -2.33. The molecule has 0 radical (unpaired) electrons. The summed E-state index contributed by atoms with van der Waals surface area (Å²) in [6.45, 7) is 5.84. The number of nitrogens with zero attached hydrogens (tertiary/aromatic N) is 1. The van der Waals surface area contributed by atoms with Crippen molar-refractivity contribution in [2.24, 2.45) is 0 Å². The average Bonchev–Trinajstić information content (AvgIpc) is 2.69. The summed E-state index contributed by atoms with van der Waals surface area (Å²) in [7, 11) is 1.61. The van der Waals surface area contributed by atoms with Crippen molar-refractivity contribution >= 4 is 17.7 Å². The van der Waals surface area contributed by atoms with Crippen LogP contribution in [0.15, 0.2) is 53.4 Å². The molecule has 4 nitrogen and oxygen atoms in total. The van der Waals surface area contributed by atoms with Gasteiger partial charge in [0.05, 0.1) is 44.1 Å². The minimum absolute atomic E-state index is 0.0998. The second-order valence-electron chi connectivity index (χ2n) is 6.78. The number of amides is 1. The molecule has 1 heterocycles. The molecule has 1 aliphatic rings. The lowest BCUT2D eigenvalue weighted by molar-refractivity contribution is -0.917. The van der Waals surface area contributed by atoms with Crippen molar-refractivity contribution in [3.8, 4) is 5.75 Å². The van der Waals surface area contributed by atoms with Crippen molar-refractivity contribution in [3.05, 3.63) is 59.9 Å². The molecule has 6 heteroatoms. The molecule has 2 aromatic carbocycles. The van der Waals surface area contributed by atoms with Crippen LogP contribution >= 0.6 is 11.8 Å². The van der Waals surface area contributed by atoms with E-state index < -0.39 is 0 Å². The van der Waals surface area contributed by atoms with Crippen molar-refractivity contribution in [3.63, 3.8) is 0 Å². The Hall–Kier alpha value is -2.05. The molecule has 0 unspecified atom stereocenters. The quantitative estimate of drug-likeness (QED) is 0.770. The van der Waals surface area contributed by atoms with Gasteiger partial charge in [-0.1, -0.05) is 18.2 Å². The first kappa shape index (κ1) is 19.7. The number of thioether (sulfide) groups is 1. The Morgan fingerprint density at radius 3 is 2.59 bits per heavy atom. The minimum Gasteiger partial charge on any atom is -0.496 e. The van der Waals surface area contributed by atoms with Gasteiger partial charge in [-0.3, -0.25) is 4.79 Å². The maximum absolute atomic E-state index is 13.6. The van der Waals surface area contributed by atoms with E-state index in [0.29, 0.717) is 6.54 Å². The van der Waals surface area contributed by atoms with Crippen LogP contribution in [0.1, 0.15) is 12.5 Å². The molecule has 1 atom stereocenters. The monoisotopic (exact) mass is 389 g/mol. The van der Waals surface area contributed by atoms with E-state index in [-0.39, 0.29) is 17.0 Å². The number of methoxy groups -OCH3 is 1. The van der Waals surface area contributed by atoms with Crippen LogP contribution in [0.25, 0.3) is 0 Å². The maximum atomic E-state index is 13.6. The highest BCUT2D eigenvalue weighted by Gasteiger charge is 2.28. The fourth-order valence-corrected chi connectivity index (χ4v) is 4.36. The molecule has 27 heavy (non-hydrogen) atoms. The first-order valence-electron chi connectivity index (χ1n) is 9.23. The second kappa shape index (κ2) is 9.24. The van der Waals surface area contributed by atoms with E-state index in [1.807, 2.05) is 42.2 Å². The van der Waals surface area contributed by atoms with E-state index in [9.17, 15) is 9.18 Å². The summed E-state index contributed by atoms with van der Waals surface area (Å²) in [5.74, 6) is 0.660. The third kappa shape index (κ3) is 5.23. The molecule has 1 aliphatic heterocycles. The van der Waals surface area contributed by atoms with Crippen LogP contribution in [-0.2, 0) is 11.3 Å². The zero-order chi connectivity index (χ0) is 19.2. The average molecular weight is 390 g/mol. The zero-order valence-corrected chi connectivity index (χ0v) is 16.6. The third-order valence-electron chi connectivity index (χ3n) is 4.87. The number of ether oxygens (including phenoxy) is 1. The van der Waals surface area contributed by atoms with Crippen LogP contribution in [0, 0.1) is 5.82 Å². The van der Waals surface area contributed by atoms with Gasteiger partial charge in [0.2, 0.25) is 5.91 Å². The van der Waals surface area contributed by atoms with E-state index >= 15 is 0 Å². The highest BCUT2D eigenvalue weighted by atomic mass is 32.2. The molecule has 1 saturated heterocycles. The number of hydrogen-bond donors (Lipinski definition) is 1. The molecule has 0 aliphatic carbocycles. The number of hydrogen-bond acceptors (Lipinski definition) is 3. The summed E-state index contributed by atoms with van der Waals surface area (Å²) in [4.78, 5) is 17.1. The number of rotatable bonds is 6. The van der Waals surface area contributed by atoms with Crippen LogP contribution in [0.4, 0.5) is 4.39 Å². The Morgan fingerprint density at radius 1 is 1.22 bits per heavy atom. The predicted octanol–water partition coefficient (Wildman–Crippen LogP) is 2.24. The van der Waals surface area contributed by atoms with Crippen molar-refractivity contribution in [2.45, 2.75) is 23.6 Å². The first-order chi connectivity index (χ1) is 13.1. The molecular formula is C21H26FN2O2S+. The van der Waals surface area contributed by atoms with Gasteiger partial charge in [-0.2, -0.15) is 0 Å². The number of benzene rings is 2. The van der Waals surface area contributed by atoms with Crippen LogP contribution in [0.3, 0.4) is 0 Å². The molecule has 2 aromatic rings. The van der Waals surface area contributed by atoms with Crippen molar-refractivity contribution in [1.29, 1.82) is 0 Å². The number of halogens is 1. The second-order valence-corrected chi connectivity index (χ2v) is 8.20. The molecule has 144 valence electrons. The van der Waals surface area contributed by atoms with Crippen molar-refractivity contribution in [1.82, 2.24) is 4.90 Å². The number of carbonyl (C=O) groups is 1. The Balaban J connectivity index is 1.52. The van der Waals surface area contributed by atoms with Gasteiger partial charge in [0, 0.05) is 4.90 Å². The zero-order valence-electron chi connectivity index (χ0n) is 15.8. The van der Waals surface area contributed by atoms with E-state index in [1.165, 1.54) is 11.0 Å². The maximum Gasteiger partial charge on any atom is 0.236 e. The van der Waals surface area contributed by atoms with Gasteiger partial charge < -0.3 is 14.5 Å². The van der Waals surface area contributed by atoms with Gasteiger partial charge in [-0.15, -0.1) is 11.8 Å². The predicted molar refractivity (Wildman–Crippen MR) is 106 cm³/mol. The highest BCUT2D eigenvalue weighted by Crippen LogP contribution is 2.24. The van der Waals surface area contributed by atoms with Crippen LogP contribution in [0.2, 0.25) is 0 Å². The minimum atomic E-state index is -0.245. The molecule has 1 amide bonds. The van der Waals surface area contributed by atoms with Gasteiger partial charge >= 0.3 is 0 Å². The van der Waals surface area contributed by atoms with E-state index in [4.69, 9.17) is 4.74 Å². The Morgan fingerprint density at radius 2 is 1.93 bits per heavy atom. The lowest BCUT2D eigenvalue weighted by atomic mass is 10.1.